The van der Waals surface area contributed by atoms with Gasteiger partial charge in [-0.15, -0.1) is 0 Å². The largest absolute Gasteiger partial charge is 0.490 e. The van der Waals surface area contributed by atoms with E-state index < -0.39 is 17.7 Å². The number of para-hydroxylation sites is 2. The maximum atomic E-state index is 12.9. The molecule has 2 aromatic heterocycles. The third-order valence-corrected chi connectivity index (χ3v) is 5.43. The summed E-state index contributed by atoms with van der Waals surface area (Å²) in [6.45, 7) is 1.03. The second kappa shape index (κ2) is 9.07. The van der Waals surface area contributed by atoms with E-state index in [0.29, 0.717) is 30.3 Å². The van der Waals surface area contributed by atoms with Gasteiger partial charge in [-0.1, -0.05) is 12.1 Å². The van der Waals surface area contributed by atoms with Crippen LogP contribution in [0.4, 0.5) is 5.69 Å². The standard InChI is InChI=1S/C25H20N4O5/c30-23(27-21-5-1-2-6-22(21)34-13-11-28-10-9-26-16-28)17-7-8-19-20(14-17)25(32)29(24(19)31)15-18-4-3-12-33-18/h1-10,12,14,16H,11,13,15H2,(H,27,30). The summed E-state index contributed by atoms with van der Waals surface area (Å²) < 4.78 is 13.0. The number of anilines is 1. The van der Waals surface area contributed by atoms with Crippen LogP contribution in [0, 0.1) is 0 Å². The zero-order valence-corrected chi connectivity index (χ0v) is 18.0. The number of carbonyl (C=O) groups excluding carboxylic acids is 3. The number of furan rings is 1. The normalized spacial score (nSPS) is 12.6. The molecule has 9 nitrogen and oxygen atoms in total. The molecular weight excluding hydrogens is 436 g/mol. The van der Waals surface area contributed by atoms with Crippen molar-refractivity contribution in [2.24, 2.45) is 0 Å². The first kappa shape index (κ1) is 21.2. The second-order valence-corrected chi connectivity index (χ2v) is 7.64. The number of benzene rings is 2. The fourth-order valence-electron chi connectivity index (χ4n) is 3.70. The maximum absolute atomic E-state index is 12.9. The molecule has 0 saturated heterocycles. The first-order valence-electron chi connectivity index (χ1n) is 10.6. The highest BCUT2D eigenvalue weighted by Crippen LogP contribution is 2.28. The Morgan fingerprint density at radius 1 is 1.03 bits per heavy atom. The van der Waals surface area contributed by atoms with E-state index in [1.165, 1.54) is 24.5 Å². The summed E-state index contributed by atoms with van der Waals surface area (Å²) in [4.78, 5) is 43.6. The average molecular weight is 456 g/mol. The van der Waals surface area contributed by atoms with Crippen molar-refractivity contribution in [2.45, 2.75) is 13.1 Å². The number of hydrogen-bond donors (Lipinski definition) is 1. The molecule has 1 N–H and O–H groups in total. The molecule has 5 rings (SSSR count). The van der Waals surface area contributed by atoms with Gasteiger partial charge < -0.3 is 19.0 Å². The fraction of sp³-hybridized carbons (Fsp3) is 0.120. The van der Waals surface area contributed by atoms with Gasteiger partial charge in [-0.2, -0.15) is 0 Å². The number of rotatable bonds is 8. The van der Waals surface area contributed by atoms with E-state index in [1.54, 1.807) is 42.9 Å². The lowest BCUT2D eigenvalue weighted by Crippen LogP contribution is -2.28. The van der Waals surface area contributed by atoms with Crippen LogP contribution in [0.3, 0.4) is 0 Å². The number of imide groups is 1. The Morgan fingerprint density at radius 3 is 2.68 bits per heavy atom. The van der Waals surface area contributed by atoms with Crippen molar-refractivity contribution in [3.63, 3.8) is 0 Å². The highest BCUT2D eigenvalue weighted by Gasteiger charge is 2.36. The molecule has 3 heterocycles. The van der Waals surface area contributed by atoms with E-state index in [9.17, 15) is 14.4 Å². The van der Waals surface area contributed by atoms with Crippen molar-refractivity contribution in [1.82, 2.24) is 14.5 Å². The zero-order valence-electron chi connectivity index (χ0n) is 18.0. The van der Waals surface area contributed by atoms with Gasteiger partial charge in [0.2, 0.25) is 0 Å². The molecule has 0 unspecified atom stereocenters. The summed E-state index contributed by atoms with van der Waals surface area (Å²) in [6.07, 6.45) is 6.72. The van der Waals surface area contributed by atoms with Crippen LogP contribution < -0.4 is 10.1 Å². The molecule has 34 heavy (non-hydrogen) atoms. The van der Waals surface area contributed by atoms with Crippen LogP contribution in [-0.4, -0.2) is 38.8 Å². The molecule has 0 fully saturated rings. The molecule has 4 aromatic rings. The summed E-state index contributed by atoms with van der Waals surface area (Å²) >= 11 is 0. The molecule has 0 atom stereocenters. The minimum Gasteiger partial charge on any atom is -0.490 e. The van der Waals surface area contributed by atoms with Crippen LogP contribution in [0.2, 0.25) is 0 Å². The highest BCUT2D eigenvalue weighted by molar-refractivity contribution is 6.22. The van der Waals surface area contributed by atoms with Gasteiger partial charge in [0.1, 0.15) is 18.1 Å². The van der Waals surface area contributed by atoms with Gasteiger partial charge in [-0.05, 0) is 42.5 Å². The first-order chi connectivity index (χ1) is 16.6. The first-order valence-corrected chi connectivity index (χ1v) is 10.6. The number of hydrogen-bond acceptors (Lipinski definition) is 6. The lowest BCUT2D eigenvalue weighted by Gasteiger charge is -2.13. The average Bonchev–Trinajstić information content (AvgIpc) is 3.60. The Kier molecular flexibility index (Phi) is 5.65. The molecule has 1 aliphatic heterocycles. The Morgan fingerprint density at radius 2 is 1.88 bits per heavy atom. The van der Waals surface area contributed by atoms with Crippen molar-refractivity contribution in [3.8, 4) is 5.75 Å². The quantitative estimate of drug-likeness (QED) is 0.406. The molecule has 0 spiro atoms. The van der Waals surface area contributed by atoms with E-state index in [-0.39, 0.29) is 23.2 Å². The number of aromatic nitrogens is 2. The molecule has 0 saturated carbocycles. The number of nitrogens with zero attached hydrogens (tertiary/aromatic N) is 3. The van der Waals surface area contributed by atoms with Crippen molar-refractivity contribution < 1.29 is 23.5 Å². The summed E-state index contributed by atoms with van der Waals surface area (Å²) in [6, 6.07) is 14.9. The van der Waals surface area contributed by atoms with E-state index in [4.69, 9.17) is 9.15 Å². The van der Waals surface area contributed by atoms with Crippen LogP contribution in [0.1, 0.15) is 36.8 Å². The van der Waals surface area contributed by atoms with Gasteiger partial charge in [0.25, 0.3) is 17.7 Å². The number of amides is 3. The van der Waals surface area contributed by atoms with E-state index in [1.807, 2.05) is 16.8 Å². The molecule has 3 amide bonds. The Bertz CT molecular complexity index is 1350. The molecule has 0 bridgehead atoms. The molecule has 0 aliphatic carbocycles. The summed E-state index contributed by atoms with van der Waals surface area (Å²) in [7, 11) is 0. The number of ether oxygens (including phenoxy) is 1. The van der Waals surface area contributed by atoms with Crippen LogP contribution in [0.25, 0.3) is 0 Å². The van der Waals surface area contributed by atoms with Crippen LogP contribution in [-0.2, 0) is 13.1 Å². The smallest absolute Gasteiger partial charge is 0.261 e. The highest BCUT2D eigenvalue weighted by atomic mass is 16.5. The number of carbonyl (C=O) groups is 3. The SMILES string of the molecule is O=C(Nc1ccccc1OCCn1ccnc1)c1ccc2c(c1)C(=O)N(Cc1ccco1)C2=O. The van der Waals surface area contributed by atoms with E-state index in [0.717, 1.165) is 4.90 Å². The summed E-state index contributed by atoms with van der Waals surface area (Å²) in [5.74, 6) is -0.280. The Labute approximate surface area is 194 Å². The predicted octanol–water partition coefficient (Wildman–Crippen LogP) is 3.60. The van der Waals surface area contributed by atoms with Crippen molar-refractivity contribution >= 4 is 23.4 Å². The van der Waals surface area contributed by atoms with Gasteiger partial charge in [0.15, 0.2) is 0 Å². The third kappa shape index (κ3) is 4.18. The van der Waals surface area contributed by atoms with Gasteiger partial charge in [-0.25, -0.2) is 4.98 Å². The fourth-order valence-corrected chi connectivity index (χ4v) is 3.70. The maximum Gasteiger partial charge on any atom is 0.261 e. The lowest BCUT2D eigenvalue weighted by atomic mass is 10.1. The van der Waals surface area contributed by atoms with Crippen LogP contribution in [0.5, 0.6) is 5.75 Å². The van der Waals surface area contributed by atoms with Crippen LogP contribution in [0.15, 0.2) is 84.0 Å². The minimum atomic E-state index is -0.464. The molecule has 2 aromatic carbocycles. The molecule has 1 aliphatic rings. The molecular formula is C25H20N4O5. The monoisotopic (exact) mass is 456 g/mol. The van der Waals surface area contributed by atoms with Gasteiger partial charge >= 0.3 is 0 Å². The number of fused-ring (bicyclic) bond motifs is 1. The molecule has 0 radical (unpaired) electrons. The Balaban J connectivity index is 1.29. The van der Waals surface area contributed by atoms with Crippen LogP contribution >= 0.6 is 0 Å². The second-order valence-electron chi connectivity index (χ2n) is 7.64. The minimum absolute atomic E-state index is 0.0324. The topological polar surface area (TPSA) is 107 Å². The summed E-state index contributed by atoms with van der Waals surface area (Å²) in [5.41, 5.74) is 1.21. The molecule has 170 valence electrons. The third-order valence-electron chi connectivity index (χ3n) is 5.43. The van der Waals surface area contributed by atoms with Gasteiger partial charge in [-0.3, -0.25) is 19.3 Å². The van der Waals surface area contributed by atoms with E-state index in [2.05, 4.69) is 10.3 Å². The number of imidazole rings is 1. The van der Waals surface area contributed by atoms with Crippen molar-refractivity contribution in [2.75, 3.05) is 11.9 Å². The predicted molar refractivity (Wildman–Crippen MR) is 121 cm³/mol. The number of nitrogens with one attached hydrogen (secondary N) is 1. The lowest BCUT2D eigenvalue weighted by molar-refractivity contribution is 0.0631. The molecule has 9 heteroatoms. The van der Waals surface area contributed by atoms with E-state index >= 15 is 0 Å². The zero-order chi connectivity index (χ0) is 23.5. The van der Waals surface area contributed by atoms with Crippen molar-refractivity contribution in [3.05, 3.63) is 102 Å². The van der Waals surface area contributed by atoms with Gasteiger partial charge in [0.05, 0.1) is 42.5 Å². The summed E-state index contributed by atoms with van der Waals surface area (Å²) in [5, 5.41) is 2.83. The van der Waals surface area contributed by atoms with Gasteiger partial charge in [0, 0.05) is 18.0 Å². The van der Waals surface area contributed by atoms with Crippen molar-refractivity contribution in [1.29, 1.82) is 0 Å². The Hall–Kier alpha value is -4.66.